The summed E-state index contributed by atoms with van der Waals surface area (Å²) in [6, 6.07) is 9.31. The molecule has 0 aliphatic carbocycles. The molecule has 3 atom stereocenters. The van der Waals surface area contributed by atoms with E-state index >= 15 is 0 Å². The predicted octanol–water partition coefficient (Wildman–Crippen LogP) is 1.98. The summed E-state index contributed by atoms with van der Waals surface area (Å²) in [5.74, 6) is -1.05. The van der Waals surface area contributed by atoms with Gasteiger partial charge in [-0.1, -0.05) is 30.3 Å². The Morgan fingerprint density at radius 3 is 2.45 bits per heavy atom. The smallest absolute Gasteiger partial charge is 0.316 e. The molecule has 22 heavy (non-hydrogen) atoms. The first-order valence-corrected chi connectivity index (χ1v) is 7.70. The highest BCUT2D eigenvalue weighted by Gasteiger charge is 2.43. The molecule has 2 fully saturated rings. The zero-order valence-electron chi connectivity index (χ0n) is 12.3. The van der Waals surface area contributed by atoms with E-state index in [9.17, 15) is 14.8 Å². The van der Waals surface area contributed by atoms with Gasteiger partial charge in [0.15, 0.2) is 0 Å². The molecule has 118 valence electrons. The summed E-state index contributed by atoms with van der Waals surface area (Å²) >= 11 is 0. The van der Waals surface area contributed by atoms with E-state index in [1.165, 1.54) is 0 Å². The summed E-state index contributed by atoms with van der Waals surface area (Å²) in [5.41, 5.74) is 0.755. The molecule has 2 saturated heterocycles. The molecule has 2 aliphatic rings. The number of carbonyl (C=O) groups excluding carboxylic acids is 1. The van der Waals surface area contributed by atoms with Gasteiger partial charge in [0.25, 0.3) is 0 Å². The van der Waals surface area contributed by atoms with E-state index in [0.29, 0.717) is 12.8 Å². The van der Waals surface area contributed by atoms with Gasteiger partial charge in [0, 0.05) is 12.8 Å². The number of esters is 1. The third-order valence-corrected chi connectivity index (χ3v) is 4.70. The van der Waals surface area contributed by atoms with Crippen molar-refractivity contribution in [2.75, 3.05) is 6.61 Å². The molecule has 3 rings (SSSR count). The first-order chi connectivity index (χ1) is 10.7. The summed E-state index contributed by atoms with van der Waals surface area (Å²) < 4.78 is 5.60. The minimum Gasteiger partial charge on any atom is -0.462 e. The molecule has 0 amide bonds. The lowest BCUT2D eigenvalue weighted by molar-refractivity contribution is -0.155. The lowest BCUT2D eigenvalue weighted by Crippen LogP contribution is -2.43. The monoisotopic (exact) mass is 304 g/mol. The van der Waals surface area contributed by atoms with Crippen molar-refractivity contribution >= 4 is 5.97 Å². The van der Waals surface area contributed by atoms with Crippen LogP contribution in [0.2, 0.25) is 0 Å². The Hall–Kier alpha value is -1.95. The number of nitrogens with zero attached hydrogens (tertiary/aromatic N) is 2. The number of hydrogen-bond donors (Lipinski definition) is 1. The number of rotatable bonds is 5. The molecule has 2 unspecified atom stereocenters. The van der Waals surface area contributed by atoms with Gasteiger partial charge in [-0.05, 0) is 18.4 Å². The van der Waals surface area contributed by atoms with Gasteiger partial charge in [0.1, 0.15) is 12.0 Å². The zero-order valence-corrected chi connectivity index (χ0v) is 12.3. The Morgan fingerprint density at radius 1 is 1.27 bits per heavy atom. The lowest BCUT2D eigenvalue weighted by Gasteiger charge is -2.34. The molecule has 1 aromatic rings. The topological polar surface area (TPSA) is 79.2 Å². The normalized spacial score (nSPS) is 28.2. The molecule has 0 spiro atoms. The molecular weight excluding hydrogens is 284 g/mol. The van der Waals surface area contributed by atoms with Crippen molar-refractivity contribution in [2.24, 2.45) is 5.29 Å². The molecule has 1 N–H and O–H groups in total. The SMILES string of the molecule is O=NN1C2CCC1CC(OC(=O)[C@H](CO)c1ccccc1)C2. The number of benzene rings is 1. The quantitative estimate of drug-likeness (QED) is 0.664. The molecule has 6 heteroatoms. The van der Waals surface area contributed by atoms with Gasteiger partial charge in [0.05, 0.1) is 24.0 Å². The van der Waals surface area contributed by atoms with Crippen LogP contribution >= 0.6 is 0 Å². The van der Waals surface area contributed by atoms with Crippen LogP contribution < -0.4 is 0 Å². The van der Waals surface area contributed by atoms with Gasteiger partial charge in [-0.15, -0.1) is 4.91 Å². The van der Waals surface area contributed by atoms with Crippen LogP contribution in [0.1, 0.15) is 37.2 Å². The van der Waals surface area contributed by atoms with Crippen LogP contribution in [0, 0.1) is 4.91 Å². The zero-order chi connectivity index (χ0) is 15.5. The molecule has 2 bridgehead atoms. The molecule has 2 heterocycles. The standard InChI is InChI=1S/C16H20N2O4/c19-10-15(11-4-2-1-3-5-11)16(20)22-14-8-12-6-7-13(9-14)18(12)17-21/h1-5,12-15,19H,6-10H2/t12?,13?,14?,15-/m1/s1. The van der Waals surface area contributed by atoms with E-state index in [-0.39, 0.29) is 24.8 Å². The van der Waals surface area contributed by atoms with Crippen LogP contribution in [0.5, 0.6) is 0 Å². The summed E-state index contributed by atoms with van der Waals surface area (Å²) in [6.45, 7) is -0.273. The van der Waals surface area contributed by atoms with E-state index in [1.54, 1.807) is 5.01 Å². The van der Waals surface area contributed by atoms with Crippen LogP contribution in [-0.2, 0) is 9.53 Å². The lowest BCUT2D eigenvalue weighted by atomic mass is 9.99. The number of carbonyl (C=O) groups is 1. The minimum atomic E-state index is -0.652. The largest absolute Gasteiger partial charge is 0.462 e. The Balaban J connectivity index is 1.63. The second-order valence-electron chi connectivity index (χ2n) is 6.02. The maximum Gasteiger partial charge on any atom is 0.316 e. The number of aliphatic hydroxyl groups excluding tert-OH is 1. The maximum atomic E-state index is 12.3. The fourth-order valence-electron chi connectivity index (χ4n) is 3.58. The molecule has 0 saturated carbocycles. The maximum absolute atomic E-state index is 12.3. The van der Waals surface area contributed by atoms with Gasteiger partial charge in [-0.25, -0.2) is 0 Å². The summed E-state index contributed by atoms with van der Waals surface area (Å²) in [6.07, 6.45) is 2.93. The number of fused-ring (bicyclic) bond motifs is 2. The van der Waals surface area contributed by atoms with Crippen LogP contribution in [-0.4, -0.2) is 40.9 Å². The second kappa shape index (κ2) is 6.44. The van der Waals surface area contributed by atoms with Crippen molar-refractivity contribution in [3.63, 3.8) is 0 Å². The summed E-state index contributed by atoms with van der Waals surface area (Å²) in [4.78, 5) is 23.2. The van der Waals surface area contributed by atoms with Crippen LogP contribution in [0.25, 0.3) is 0 Å². The number of aliphatic hydroxyl groups is 1. The Labute approximate surface area is 129 Å². The van der Waals surface area contributed by atoms with Gasteiger partial charge in [-0.2, -0.15) is 0 Å². The van der Waals surface area contributed by atoms with Crippen molar-refractivity contribution in [1.29, 1.82) is 0 Å². The van der Waals surface area contributed by atoms with Crippen LogP contribution in [0.3, 0.4) is 0 Å². The van der Waals surface area contributed by atoms with Crippen molar-refractivity contribution in [2.45, 2.75) is 49.8 Å². The minimum absolute atomic E-state index is 0.0818. The molecule has 0 radical (unpaired) electrons. The van der Waals surface area contributed by atoms with Crippen LogP contribution in [0.4, 0.5) is 0 Å². The highest BCUT2D eigenvalue weighted by molar-refractivity contribution is 5.78. The fourth-order valence-corrected chi connectivity index (χ4v) is 3.58. The average molecular weight is 304 g/mol. The highest BCUT2D eigenvalue weighted by atomic mass is 16.5. The fraction of sp³-hybridized carbons (Fsp3) is 0.562. The first kappa shape index (κ1) is 15.0. The van der Waals surface area contributed by atoms with Crippen molar-refractivity contribution in [3.8, 4) is 0 Å². The van der Waals surface area contributed by atoms with E-state index in [4.69, 9.17) is 4.74 Å². The number of nitroso groups, excluding NO2 is 1. The van der Waals surface area contributed by atoms with E-state index in [0.717, 1.165) is 18.4 Å². The van der Waals surface area contributed by atoms with Gasteiger partial charge in [0.2, 0.25) is 0 Å². The third-order valence-electron chi connectivity index (χ3n) is 4.70. The highest BCUT2D eigenvalue weighted by Crippen LogP contribution is 2.37. The average Bonchev–Trinajstić information content (AvgIpc) is 2.79. The van der Waals surface area contributed by atoms with E-state index in [2.05, 4.69) is 5.29 Å². The van der Waals surface area contributed by atoms with E-state index < -0.39 is 11.9 Å². The molecule has 0 aromatic heterocycles. The van der Waals surface area contributed by atoms with Crippen molar-refractivity contribution < 1.29 is 14.6 Å². The first-order valence-electron chi connectivity index (χ1n) is 7.70. The van der Waals surface area contributed by atoms with Crippen LogP contribution in [0.15, 0.2) is 35.6 Å². The predicted molar refractivity (Wildman–Crippen MR) is 79.8 cm³/mol. The Bertz CT molecular complexity index is 522. The summed E-state index contributed by atoms with van der Waals surface area (Å²) in [7, 11) is 0. The third kappa shape index (κ3) is 2.83. The van der Waals surface area contributed by atoms with Gasteiger partial charge >= 0.3 is 5.97 Å². The molecule has 1 aromatic carbocycles. The molecule has 6 nitrogen and oxygen atoms in total. The second-order valence-corrected chi connectivity index (χ2v) is 6.02. The number of piperidine rings is 1. The van der Waals surface area contributed by atoms with Crippen molar-refractivity contribution in [3.05, 3.63) is 40.8 Å². The molecular formula is C16H20N2O4. The molecule has 2 aliphatic heterocycles. The van der Waals surface area contributed by atoms with Crippen molar-refractivity contribution in [1.82, 2.24) is 5.01 Å². The number of hydrogen-bond acceptors (Lipinski definition) is 5. The van der Waals surface area contributed by atoms with Gasteiger partial charge < -0.3 is 9.84 Å². The van der Waals surface area contributed by atoms with Gasteiger partial charge in [-0.3, -0.25) is 9.80 Å². The Kier molecular flexibility index (Phi) is 4.38. The summed E-state index contributed by atoms with van der Waals surface area (Å²) in [5, 5.41) is 14.2. The number of ether oxygens (including phenoxy) is 1. The Morgan fingerprint density at radius 2 is 1.91 bits per heavy atom. The van der Waals surface area contributed by atoms with E-state index in [1.807, 2.05) is 30.3 Å².